The second-order valence-corrected chi connectivity index (χ2v) is 8.09. The number of nitrogens with zero attached hydrogens (tertiary/aromatic N) is 2. The van der Waals surface area contributed by atoms with Crippen molar-refractivity contribution in [1.29, 1.82) is 0 Å². The monoisotopic (exact) mass is 386 g/mol. The summed E-state index contributed by atoms with van der Waals surface area (Å²) >= 11 is 0. The smallest absolute Gasteiger partial charge is 0.266 e. The summed E-state index contributed by atoms with van der Waals surface area (Å²) in [4.78, 5) is 19.1. The van der Waals surface area contributed by atoms with Gasteiger partial charge in [-0.3, -0.25) is 10.2 Å². The molecule has 2 N–H and O–H groups in total. The highest BCUT2D eigenvalue weighted by molar-refractivity contribution is 7.89. The van der Waals surface area contributed by atoms with Crippen LogP contribution in [0.1, 0.15) is 34.2 Å². The zero-order valence-electron chi connectivity index (χ0n) is 15.7. The Morgan fingerprint density at radius 1 is 1.07 bits per heavy atom. The van der Waals surface area contributed by atoms with Gasteiger partial charge in [0.25, 0.3) is 15.9 Å². The van der Waals surface area contributed by atoms with Crippen molar-refractivity contribution in [2.45, 2.75) is 39.1 Å². The van der Waals surface area contributed by atoms with Crippen LogP contribution in [0.4, 0.5) is 0 Å². The summed E-state index contributed by atoms with van der Waals surface area (Å²) in [6, 6.07) is 9.90. The van der Waals surface area contributed by atoms with Crippen molar-refractivity contribution in [2.75, 3.05) is 0 Å². The Hall–Kier alpha value is -2.71. The molecule has 1 amide bonds. The predicted octanol–water partition coefficient (Wildman–Crippen LogP) is 2.60. The van der Waals surface area contributed by atoms with Gasteiger partial charge in [0.1, 0.15) is 5.82 Å². The van der Waals surface area contributed by atoms with E-state index in [2.05, 4.69) is 15.2 Å². The van der Waals surface area contributed by atoms with Crippen molar-refractivity contribution in [2.24, 2.45) is 0 Å². The quantitative estimate of drug-likeness (QED) is 0.659. The number of fused-ring (bicyclic) bond motifs is 1. The predicted molar refractivity (Wildman–Crippen MR) is 104 cm³/mol. The number of amides is 1. The van der Waals surface area contributed by atoms with Crippen LogP contribution >= 0.6 is 0 Å². The van der Waals surface area contributed by atoms with Crippen molar-refractivity contribution in [3.63, 3.8) is 0 Å². The first-order chi connectivity index (χ1) is 12.7. The van der Waals surface area contributed by atoms with Gasteiger partial charge in [-0.1, -0.05) is 6.07 Å². The standard InChI is InChI=1S/C19H22N4O3S/c1-5-23-14(4)20-17-11-15(7-9-18(17)23)19(24)21-22-27(25,26)16-8-6-12(2)13(3)10-16/h6-11,22H,5H2,1-4H3,(H,21,24). The van der Waals surface area contributed by atoms with Crippen LogP contribution in [0.15, 0.2) is 41.3 Å². The summed E-state index contributed by atoms with van der Waals surface area (Å²) in [6.07, 6.45) is 0. The first-order valence-electron chi connectivity index (χ1n) is 8.59. The molecule has 0 saturated heterocycles. The van der Waals surface area contributed by atoms with Crippen LogP contribution < -0.4 is 10.3 Å². The topological polar surface area (TPSA) is 93.1 Å². The fourth-order valence-electron chi connectivity index (χ4n) is 2.92. The van der Waals surface area contributed by atoms with Crippen molar-refractivity contribution < 1.29 is 13.2 Å². The third-order valence-electron chi connectivity index (χ3n) is 4.61. The Balaban J connectivity index is 1.79. The number of benzene rings is 2. The summed E-state index contributed by atoms with van der Waals surface area (Å²) in [5.74, 6) is 0.313. The lowest BCUT2D eigenvalue weighted by atomic mass is 10.1. The normalized spacial score (nSPS) is 11.7. The molecule has 2 aromatic carbocycles. The van der Waals surface area contributed by atoms with Gasteiger partial charge in [0.2, 0.25) is 0 Å². The third-order valence-corrected chi connectivity index (χ3v) is 5.85. The van der Waals surface area contributed by atoms with E-state index < -0.39 is 15.9 Å². The lowest BCUT2D eigenvalue weighted by Gasteiger charge is -2.10. The Kier molecular flexibility index (Phi) is 5.03. The van der Waals surface area contributed by atoms with Crippen molar-refractivity contribution in [3.8, 4) is 0 Å². The van der Waals surface area contributed by atoms with Gasteiger partial charge in [-0.2, -0.15) is 0 Å². The lowest BCUT2D eigenvalue weighted by molar-refractivity contribution is 0.0945. The molecule has 3 rings (SSSR count). The molecule has 8 heteroatoms. The number of rotatable bonds is 5. The summed E-state index contributed by atoms with van der Waals surface area (Å²) in [6.45, 7) is 8.44. The fourth-order valence-corrected chi connectivity index (χ4v) is 3.84. The second kappa shape index (κ2) is 7.13. The number of imidazole rings is 1. The molecule has 0 bridgehead atoms. The summed E-state index contributed by atoms with van der Waals surface area (Å²) < 4.78 is 26.8. The number of carbonyl (C=O) groups excluding carboxylic acids is 1. The average Bonchev–Trinajstić information content (AvgIpc) is 2.95. The number of nitrogens with one attached hydrogen (secondary N) is 2. The molecule has 0 saturated carbocycles. The summed E-state index contributed by atoms with van der Waals surface area (Å²) in [5.41, 5.74) is 6.06. The minimum atomic E-state index is -3.85. The number of hydrogen-bond donors (Lipinski definition) is 2. The molecule has 0 aliphatic heterocycles. The molecule has 142 valence electrons. The average molecular weight is 386 g/mol. The largest absolute Gasteiger partial charge is 0.329 e. The van der Waals surface area contributed by atoms with Gasteiger partial charge in [-0.25, -0.2) is 13.4 Å². The fraction of sp³-hybridized carbons (Fsp3) is 0.263. The van der Waals surface area contributed by atoms with Gasteiger partial charge in [0.15, 0.2) is 0 Å². The number of hydrazine groups is 1. The lowest BCUT2D eigenvalue weighted by Crippen LogP contribution is -2.41. The minimum Gasteiger partial charge on any atom is -0.329 e. The molecular formula is C19H22N4O3S. The molecule has 0 spiro atoms. The SMILES string of the molecule is CCn1c(C)nc2cc(C(=O)NNS(=O)(=O)c3ccc(C)c(C)c3)ccc21. The molecule has 0 fully saturated rings. The second-order valence-electron chi connectivity index (χ2n) is 6.41. The van der Waals surface area contributed by atoms with E-state index in [0.717, 1.165) is 29.0 Å². The molecule has 0 aliphatic rings. The number of aromatic nitrogens is 2. The van der Waals surface area contributed by atoms with E-state index in [0.29, 0.717) is 11.1 Å². The van der Waals surface area contributed by atoms with E-state index in [1.165, 1.54) is 6.07 Å². The number of sulfonamides is 1. The first kappa shape index (κ1) is 19.1. The maximum absolute atomic E-state index is 12.4. The van der Waals surface area contributed by atoms with Gasteiger partial charge >= 0.3 is 0 Å². The highest BCUT2D eigenvalue weighted by Gasteiger charge is 2.17. The zero-order valence-corrected chi connectivity index (χ0v) is 16.5. The molecule has 1 heterocycles. The highest BCUT2D eigenvalue weighted by atomic mass is 32.2. The van der Waals surface area contributed by atoms with Gasteiger partial charge in [-0.15, -0.1) is 4.83 Å². The van der Waals surface area contributed by atoms with Gasteiger partial charge in [0, 0.05) is 12.1 Å². The summed E-state index contributed by atoms with van der Waals surface area (Å²) in [5, 5.41) is 0. The Morgan fingerprint density at radius 2 is 1.81 bits per heavy atom. The van der Waals surface area contributed by atoms with E-state index >= 15 is 0 Å². The first-order valence-corrected chi connectivity index (χ1v) is 10.1. The number of aryl methyl sites for hydroxylation is 4. The summed E-state index contributed by atoms with van der Waals surface area (Å²) in [7, 11) is -3.85. The zero-order chi connectivity index (χ0) is 19.8. The Morgan fingerprint density at radius 3 is 2.48 bits per heavy atom. The molecule has 3 aromatic rings. The molecule has 27 heavy (non-hydrogen) atoms. The van der Waals surface area contributed by atoms with Gasteiger partial charge in [0.05, 0.1) is 15.9 Å². The van der Waals surface area contributed by atoms with Gasteiger partial charge in [-0.05, 0) is 69.2 Å². The van der Waals surface area contributed by atoms with Gasteiger partial charge < -0.3 is 4.57 Å². The van der Waals surface area contributed by atoms with E-state index in [-0.39, 0.29) is 4.90 Å². The molecule has 7 nitrogen and oxygen atoms in total. The van der Waals surface area contributed by atoms with Crippen LogP contribution in [0.5, 0.6) is 0 Å². The number of hydrogen-bond acceptors (Lipinski definition) is 4. The molecule has 0 aliphatic carbocycles. The van der Waals surface area contributed by atoms with Crippen LogP contribution in [-0.2, 0) is 16.6 Å². The molecule has 0 unspecified atom stereocenters. The van der Waals surface area contributed by atoms with E-state index in [4.69, 9.17) is 0 Å². The third kappa shape index (κ3) is 3.72. The Labute approximate surface area is 158 Å². The van der Waals surface area contributed by atoms with Crippen LogP contribution in [-0.4, -0.2) is 23.9 Å². The van der Waals surface area contributed by atoms with Crippen LogP contribution in [0.2, 0.25) is 0 Å². The molecule has 0 radical (unpaired) electrons. The van der Waals surface area contributed by atoms with E-state index in [1.54, 1.807) is 24.3 Å². The van der Waals surface area contributed by atoms with Crippen molar-refractivity contribution in [1.82, 2.24) is 19.8 Å². The highest BCUT2D eigenvalue weighted by Crippen LogP contribution is 2.18. The number of carbonyl (C=O) groups is 1. The Bertz CT molecular complexity index is 1130. The molecule has 1 aromatic heterocycles. The van der Waals surface area contributed by atoms with Crippen molar-refractivity contribution in [3.05, 3.63) is 58.9 Å². The van der Waals surface area contributed by atoms with Crippen LogP contribution in [0.25, 0.3) is 11.0 Å². The van der Waals surface area contributed by atoms with E-state index in [9.17, 15) is 13.2 Å². The molecule has 0 atom stereocenters. The maximum atomic E-state index is 12.4. The maximum Gasteiger partial charge on any atom is 0.266 e. The molecular weight excluding hydrogens is 364 g/mol. The van der Waals surface area contributed by atoms with Crippen LogP contribution in [0, 0.1) is 20.8 Å². The van der Waals surface area contributed by atoms with Crippen molar-refractivity contribution >= 4 is 27.0 Å². The van der Waals surface area contributed by atoms with E-state index in [1.807, 2.05) is 38.3 Å². The minimum absolute atomic E-state index is 0.0960. The van der Waals surface area contributed by atoms with Crippen LogP contribution in [0.3, 0.4) is 0 Å².